The number of carboxylic acids is 1. The molecule has 110 valence electrons. The predicted octanol–water partition coefficient (Wildman–Crippen LogP) is 0.932. The van der Waals surface area contributed by atoms with Gasteiger partial charge in [-0.05, 0) is 26.7 Å². The molecule has 2 heterocycles. The maximum atomic E-state index is 12.3. The summed E-state index contributed by atoms with van der Waals surface area (Å²) in [4.78, 5) is 36.5. The quantitative estimate of drug-likeness (QED) is 0.900. The zero-order valence-corrected chi connectivity index (χ0v) is 12.4. The van der Waals surface area contributed by atoms with Gasteiger partial charge in [0.1, 0.15) is 6.54 Å². The topological polar surface area (TPSA) is 79.6 Å². The van der Waals surface area contributed by atoms with Gasteiger partial charge in [0, 0.05) is 24.2 Å². The Kier molecular flexibility index (Phi) is 3.99. The predicted molar refractivity (Wildman–Crippen MR) is 74.9 cm³/mol. The van der Waals surface area contributed by atoms with Crippen LogP contribution in [0.2, 0.25) is 0 Å². The van der Waals surface area contributed by atoms with Crippen LogP contribution >= 0.6 is 11.3 Å². The van der Waals surface area contributed by atoms with Gasteiger partial charge >= 0.3 is 10.8 Å². The second-order valence-electron chi connectivity index (χ2n) is 5.51. The number of nitrogens with zero attached hydrogens (tertiary/aromatic N) is 2. The lowest BCUT2D eigenvalue weighted by Crippen LogP contribution is -2.49. The largest absolute Gasteiger partial charge is 0.481 e. The van der Waals surface area contributed by atoms with E-state index in [1.807, 2.05) is 0 Å². The molecule has 1 N–H and O–H groups in total. The maximum Gasteiger partial charge on any atom is 0.311 e. The third-order valence-corrected chi connectivity index (χ3v) is 4.72. The third kappa shape index (κ3) is 2.77. The number of aliphatic carboxylic acids is 1. The van der Waals surface area contributed by atoms with Crippen LogP contribution in [0, 0.1) is 12.3 Å². The lowest BCUT2D eigenvalue weighted by Gasteiger charge is -2.37. The van der Waals surface area contributed by atoms with Crippen LogP contribution in [-0.4, -0.2) is 39.5 Å². The Morgan fingerprint density at radius 2 is 2.20 bits per heavy atom. The van der Waals surface area contributed by atoms with Gasteiger partial charge in [-0.3, -0.25) is 19.0 Å². The number of likely N-dealkylation sites (tertiary alicyclic amines) is 1. The Labute approximate surface area is 120 Å². The number of hydrogen-bond acceptors (Lipinski definition) is 4. The molecule has 1 saturated heterocycles. The van der Waals surface area contributed by atoms with E-state index >= 15 is 0 Å². The minimum Gasteiger partial charge on any atom is -0.481 e. The van der Waals surface area contributed by atoms with Crippen molar-refractivity contribution in [2.75, 3.05) is 13.1 Å². The smallest absolute Gasteiger partial charge is 0.311 e. The summed E-state index contributed by atoms with van der Waals surface area (Å²) < 4.78 is 1.43. The highest BCUT2D eigenvalue weighted by atomic mass is 32.1. The molecule has 6 nitrogen and oxygen atoms in total. The molecule has 1 unspecified atom stereocenters. The molecule has 0 radical (unpaired) electrons. The summed E-state index contributed by atoms with van der Waals surface area (Å²) in [6.07, 6.45) is 1.25. The van der Waals surface area contributed by atoms with E-state index in [0.29, 0.717) is 19.4 Å². The molecule has 2 rings (SSSR count). The lowest BCUT2D eigenvalue weighted by molar-refractivity contribution is -0.153. The van der Waals surface area contributed by atoms with Gasteiger partial charge in [0.15, 0.2) is 0 Å². The fraction of sp³-hybridized carbons (Fsp3) is 0.615. The minimum atomic E-state index is -0.886. The molecule has 1 fully saturated rings. The van der Waals surface area contributed by atoms with E-state index in [0.717, 1.165) is 17.0 Å². The zero-order chi connectivity index (χ0) is 14.9. The molecular formula is C13H18N2O4S. The summed E-state index contributed by atoms with van der Waals surface area (Å²) in [5, 5.41) is 11.0. The summed E-state index contributed by atoms with van der Waals surface area (Å²) >= 11 is 1.07. The van der Waals surface area contributed by atoms with Crippen LogP contribution in [-0.2, 0) is 16.1 Å². The molecule has 7 heteroatoms. The monoisotopic (exact) mass is 298 g/mol. The highest BCUT2D eigenvalue weighted by molar-refractivity contribution is 7.07. The van der Waals surface area contributed by atoms with Crippen molar-refractivity contribution in [2.24, 2.45) is 5.41 Å². The van der Waals surface area contributed by atoms with Crippen molar-refractivity contribution in [3.05, 3.63) is 20.7 Å². The number of aryl methyl sites for hydroxylation is 1. The third-order valence-electron chi connectivity index (χ3n) is 3.84. The van der Waals surface area contributed by atoms with Crippen molar-refractivity contribution in [1.29, 1.82) is 0 Å². The number of carbonyl (C=O) groups excluding carboxylic acids is 1. The van der Waals surface area contributed by atoms with Crippen LogP contribution in [0.3, 0.4) is 0 Å². The Bertz CT molecular complexity index is 591. The van der Waals surface area contributed by atoms with E-state index in [1.54, 1.807) is 24.1 Å². The molecule has 1 atom stereocenters. The molecular weight excluding hydrogens is 280 g/mol. The van der Waals surface area contributed by atoms with Crippen molar-refractivity contribution in [3.8, 4) is 0 Å². The van der Waals surface area contributed by atoms with Gasteiger partial charge < -0.3 is 10.0 Å². The Balaban J connectivity index is 2.10. The number of amides is 1. The second-order valence-corrected chi connectivity index (χ2v) is 6.33. The average Bonchev–Trinajstić information content (AvgIpc) is 2.70. The minimum absolute atomic E-state index is 0.0101. The summed E-state index contributed by atoms with van der Waals surface area (Å²) in [6, 6.07) is 0. The lowest BCUT2D eigenvalue weighted by atomic mass is 9.82. The van der Waals surface area contributed by atoms with Crippen molar-refractivity contribution >= 4 is 23.2 Å². The highest BCUT2D eigenvalue weighted by Crippen LogP contribution is 2.29. The van der Waals surface area contributed by atoms with Gasteiger partial charge in [-0.25, -0.2) is 0 Å². The van der Waals surface area contributed by atoms with E-state index in [1.165, 1.54) is 4.57 Å². The second kappa shape index (κ2) is 5.40. The SMILES string of the molecule is Cc1csc(=O)n1CC(=O)N1CCCC(C)(C(=O)O)C1. The zero-order valence-electron chi connectivity index (χ0n) is 11.6. The Hall–Kier alpha value is -1.63. The molecule has 1 aliphatic heterocycles. The van der Waals surface area contributed by atoms with Crippen molar-refractivity contribution in [1.82, 2.24) is 9.47 Å². The van der Waals surface area contributed by atoms with Crippen LogP contribution in [0.1, 0.15) is 25.5 Å². The highest BCUT2D eigenvalue weighted by Gasteiger charge is 2.39. The molecule has 1 aromatic rings. The van der Waals surface area contributed by atoms with E-state index in [2.05, 4.69) is 0 Å². The van der Waals surface area contributed by atoms with Crippen molar-refractivity contribution < 1.29 is 14.7 Å². The average molecular weight is 298 g/mol. The van der Waals surface area contributed by atoms with Gasteiger partial charge in [0.25, 0.3) is 0 Å². The number of thiazole rings is 1. The summed E-state index contributed by atoms with van der Waals surface area (Å²) in [6.45, 7) is 4.20. The molecule has 0 aromatic carbocycles. The first-order valence-corrected chi connectivity index (χ1v) is 7.37. The number of piperidine rings is 1. The molecule has 1 amide bonds. The van der Waals surface area contributed by atoms with E-state index in [9.17, 15) is 19.5 Å². The normalized spacial score (nSPS) is 22.8. The fourth-order valence-electron chi connectivity index (χ4n) is 2.46. The van der Waals surface area contributed by atoms with E-state index in [-0.39, 0.29) is 23.9 Å². The fourth-order valence-corrected chi connectivity index (χ4v) is 3.19. The first kappa shape index (κ1) is 14.8. The van der Waals surface area contributed by atoms with E-state index in [4.69, 9.17) is 0 Å². The van der Waals surface area contributed by atoms with Gasteiger partial charge in [-0.2, -0.15) is 0 Å². The Morgan fingerprint density at radius 1 is 1.50 bits per heavy atom. The van der Waals surface area contributed by atoms with Crippen LogP contribution in [0.5, 0.6) is 0 Å². The molecule has 1 aliphatic rings. The van der Waals surface area contributed by atoms with Crippen LogP contribution < -0.4 is 4.87 Å². The number of hydrogen-bond donors (Lipinski definition) is 1. The van der Waals surface area contributed by atoms with Crippen molar-refractivity contribution in [3.63, 3.8) is 0 Å². The number of aromatic nitrogens is 1. The molecule has 0 spiro atoms. The standard InChI is InChI=1S/C13H18N2O4S/c1-9-7-20-12(19)15(9)6-10(16)14-5-3-4-13(2,8-14)11(17)18/h7H,3-6,8H2,1-2H3,(H,17,18). The van der Waals surface area contributed by atoms with Crippen LogP contribution in [0.15, 0.2) is 10.2 Å². The number of carbonyl (C=O) groups is 2. The van der Waals surface area contributed by atoms with E-state index < -0.39 is 11.4 Å². The van der Waals surface area contributed by atoms with Crippen LogP contribution in [0.25, 0.3) is 0 Å². The van der Waals surface area contributed by atoms with Crippen molar-refractivity contribution in [2.45, 2.75) is 33.2 Å². The van der Waals surface area contributed by atoms with Gasteiger partial charge in [0.05, 0.1) is 5.41 Å². The molecule has 0 bridgehead atoms. The van der Waals surface area contributed by atoms with Gasteiger partial charge in [-0.1, -0.05) is 11.3 Å². The summed E-state index contributed by atoms with van der Waals surface area (Å²) in [7, 11) is 0. The maximum absolute atomic E-state index is 12.3. The molecule has 0 aliphatic carbocycles. The van der Waals surface area contributed by atoms with Gasteiger partial charge in [0.2, 0.25) is 5.91 Å². The number of carboxylic acid groups (broad SMARTS) is 1. The molecule has 1 aromatic heterocycles. The van der Waals surface area contributed by atoms with Gasteiger partial charge in [-0.15, -0.1) is 0 Å². The molecule has 20 heavy (non-hydrogen) atoms. The Morgan fingerprint density at radius 3 is 2.75 bits per heavy atom. The summed E-state index contributed by atoms with van der Waals surface area (Å²) in [5.41, 5.74) is -0.130. The van der Waals surface area contributed by atoms with Crippen LogP contribution in [0.4, 0.5) is 0 Å². The molecule has 0 saturated carbocycles. The number of rotatable bonds is 3. The first-order valence-electron chi connectivity index (χ1n) is 6.49. The summed E-state index contributed by atoms with van der Waals surface area (Å²) in [5.74, 6) is -1.07. The first-order chi connectivity index (χ1) is 9.33.